The first-order valence-electron chi connectivity index (χ1n) is 7.99. The molecule has 0 spiro atoms. The Bertz CT molecular complexity index is 1170. The molecule has 4 aromatic rings. The fourth-order valence-corrected chi connectivity index (χ4v) is 3.30. The minimum absolute atomic E-state index is 0.0274. The second-order valence-corrected chi connectivity index (χ2v) is 5.96. The molecule has 0 atom stereocenters. The summed E-state index contributed by atoms with van der Waals surface area (Å²) in [6.45, 7) is 0. The first-order valence-corrected chi connectivity index (χ1v) is 7.99. The summed E-state index contributed by atoms with van der Waals surface area (Å²) in [5, 5.41) is 23.8. The number of ether oxygens (including phenoxy) is 3. The maximum Gasteiger partial charge on any atom is 0.219 e. The molecule has 0 amide bonds. The molecular weight excluding hydrogens is 334 g/mol. The number of rotatable bonds is 3. The zero-order chi connectivity index (χ0) is 18.4. The molecule has 26 heavy (non-hydrogen) atoms. The van der Waals surface area contributed by atoms with Gasteiger partial charge in [-0.1, -0.05) is 0 Å². The average molecular weight is 352 g/mol. The fourth-order valence-electron chi connectivity index (χ4n) is 3.30. The van der Waals surface area contributed by atoms with E-state index in [1.165, 1.54) is 21.3 Å². The largest absolute Gasteiger partial charge is 0.504 e. The lowest BCUT2D eigenvalue weighted by Gasteiger charge is -2.11. The summed E-state index contributed by atoms with van der Waals surface area (Å²) in [5.74, 6) is 1.28. The van der Waals surface area contributed by atoms with E-state index in [1.54, 1.807) is 12.1 Å². The van der Waals surface area contributed by atoms with Crippen LogP contribution in [0.3, 0.4) is 0 Å². The van der Waals surface area contributed by atoms with Crippen molar-refractivity contribution < 1.29 is 28.8 Å². The Balaban J connectivity index is 2.13. The van der Waals surface area contributed by atoms with Crippen LogP contribution in [-0.2, 0) is 0 Å². The zero-order valence-electron chi connectivity index (χ0n) is 14.6. The van der Waals surface area contributed by atoms with Gasteiger partial charge in [0, 0.05) is 17.5 Å². The summed E-state index contributed by atoms with van der Waals surface area (Å²) in [7, 11) is 4.54. The number of hydrogen-bond donors (Lipinski definition) is 2. The third-order valence-corrected chi connectivity index (χ3v) is 4.60. The van der Waals surface area contributed by atoms with Crippen molar-refractivity contribution in [3.05, 3.63) is 42.7 Å². The molecule has 2 aromatic heterocycles. The van der Waals surface area contributed by atoms with Gasteiger partial charge in [-0.05, 0) is 23.6 Å². The number of pyridine rings is 2. The number of phenolic OH excluding ortho intramolecular Hbond substituents is 2. The number of aromatic hydroxyl groups is 2. The van der Waals surface area contributed by atoms with E-state index in [0.29, 0.717) is 22.6 Å². The van der Waals surface area contributed by atoms with E-state index in [-0.39, 0.29) is 11.5 Å². The molecule has 0 bridgehead atoms. The van der Waals surface area contributed by atoms with Crippen LogP contribution in [0.2, 0.25) is 0 Å². The smallest absolute Gasteiger partial charge is 0.219 e. The molecule has 2 N–H and O–H groups in total. The molecule has 0 radical (unpaired) electrons. The van der Waals surface area contributed by atoms with Gasteiger partial charge in [-0.3, -0.25) is 0 Å². The molecule has 0 saturated carbocycles. The van der Waals surface area contributed by atoms with Crippen molar-refractivity contribution in [2.24, 2.45) is 0 Å². The molecular formula is C20H18NO5+. The second-order valence-electron chi connectivity index (χ2n) is 5.96. The summed E-state index contributed by atoms with van der Waals surface area (Å²) in [6.07, 6.45) is 3.71. The van der Waals surface area contributed by atoms with Gasteiger partial charge in [0.15, 0.2) is 35.4 Å². The predicted octanol–water partition coefficient (Wildman–Crippen LogP) is 3.17. The Morgan fingerprint density at radius 3 is 2.27 bits per heavy atom. The molecule has 2 heterocycles. The van der Waals surface area contributed by atoms with Crippen LogP contribution in [0.1, 0.15) is 0 Å². The van der Waals surface area contributed by atoms with Gasteiger partial charge in [-0.25, -0.2) is 0 Å². The maximum atomic E-state index is 10.6. The molecule has 6 nitrogen and oxygen atoms in total. The van der Waals surface area contributed by atoms with Crippen LogP contribution in [0.25, 0.3) is 27.1 Å². The molecule has 0 saturated heterocycles. The van der Waals surface area contributed by atoms with E-state index >= 15 is 0 Å². The molecule has 0 aliphatic heterocycles. The minimum atomic E-state index is 0.0274. The number of phenols is 2. The van der Waals surface area contributed by atoms with E-state index in [4.69, 9.17) is 14.2 Å². The Kier molecular flexibility index (Phi) is 3.61. The van der Waals surface area contributed by atoms with Gasteiger partial charge in [-0.2, -0.15) is 4.40 Å². The minimum Gasteiger partial charge on any atom is -0.504 e. The zero-order valence-corrected chi connectivity index (χ0v) is 14.6. The number of fused-ring (bicyclic) bond motifs is 4. The number of methoxy groups -OCH3 is 3. The van der Waals surface area contributed by atoms with E-state index in [2.05, 4.69) is 0 Å². The summed E-state index contributed by atoms with van der Waals surface area (Å²) < 4.78 is 17.8. The Hall–Kier alpha value is -3.41. The summed E-state index contributed by atoms with van der Waals surface area (Å²) >= 11 is 0. The standard InChI is InChI=1S/C20H17NO5/c1-24-17-9-13-11(7-16(17)22)4-5-21-10-14-12(6-15(13)21)8-18(25-2)20(26-3)19(14)23/h4-10H,1-3H3,(H,22,23)/p+1. The van der Waals surface area contributed by atoms with Crippen molar-refractivity contribution in [3.63, 3.8) is 0 Å². The predicted molar refractivity (Wildman–Crippen MR) is 97.6 cm³/mol. The third-order valence-electron chi connectivity index (χ3n) is 4.60. The van der Waals surface area contributed by atoms with Gasteiger partial charge in [0.25, 0.3) is 0 Å². The van der Waals surface area contributed by atoms with Crippen LogP contribution < -0.4 is 18.6 Å². The number of nitrogens with zero attached hydrogens (tertiary/aromatic N) is 1. The van der Waals surface area contributed by atoms with Crippen molar-refractivity contribution in [1.29, 1.82) is 0 Å². The van der Waals surface area contributed by atoms with Crippen molar-refractivity contribution in [2.75, 3.05) is 21.3 Å². The molecule has 2 aromatic carbocycles. The van der Waals surface area contributed by atoms with E-state index < -0.39 is 0 Å². The summed E-state index contributed by atoms with van der Waals surface area (Å²) in [4.78, 5) is 0. The van der Waals surface area contributed by atoms with Crippen molar-refractivity contribution >= 4 is 27.1 Å². The van der Waals surface area contributed by atoms with Crippen LogP contribution in [0, 0.1) is 0 Å². The topological polar surface area (TPSA) is 72.3 Å². The fraction of sp³-hybridized carbons (Fsp3) is 0.150. The van der Waals surface area contributed by atoms with Gasteiger partial charge < -0.3 is 24.4 Å². The molecule has 0 aliphatic rings. The lowest BCUT2D eigenvalue weighted by molar-refractivity contribution is -0.509. The second kappa shape index (κ2) is 5.84. The third kappa shape index (κ3) is 2.23. The van der Waals surface area contributed by atoms with E-state index in [0.717, 1.165) is 21.7 Å². The molecule has 4 rings (SSSR count). The van der Waals surface area contributed by atoms with Crippen LogP contribution in [0.15, 0.2) is 42.7 Å². The quantitative estimate of drug-likeness (QED) is 0.337. The Labute approximate surface area is 149 Å². The lowest BCUT2D eigenvalue weighted by atomic mass is 10.1. The van der Waals surface area contributed by atoms with Crippen LogP contribution >= 0.6 is 0 Å². The van der Waals surface area contributed by atoms with Crippen LogP contribution in [0.4, 0.5) is 0 Å². The molecule has 0 aliphatic carbocycles. The van der Waals surface area contributed by atoms with Crippen molar-refractivity contribution in [1.82, 2.24) is 0 Å². The Morgan fingerprint density at radius 1 is 0.808 bits per heavy atom. The highest BCUT2D eigenvalue weighted by Gasteiger charge is 2.19. The SMILES string of the molecule is COc1cc2c(cc[n+]3cc4c(O)c(OC)c(OC)cc4cc23)cc1O. The highest BCUT2D eigenvalue weighted by atomic mass is 16.5. The maximum absolute atomic E-state index is 10.6. The van der Waals surface area contributed by atoms with Crippen molar-refractivity contribution in [2.45, 2.75) is 0 Å². The van der Waals surface area contributed by atoms with Gasteiger partial charge in [-0.15, -0.1) is 0 Å². The van der Waals surface area contributed by atoms with Crippen LogP contribution in [0.5, 0.6) is 28.7 Å². The van der Waals surface area contributed by atoms with Gasteiger partial charge in [0.05, 0.1) is 32.1 Å². The number of hydrogen-bond acceptors (Lipinski definition) is 5. The molecule has 0 fully saturated rings. The number of aromatic nitrogens is 1. The number of benzene rings is 2. The first-order chi connectivity index (χ1) is 12.6. The van der Waals surface area contributed by atoms with Crippen LogP contribution in [-0.4, -0.2) is 31.5 Å². The Morgan fingerprint density at radius 2 is 1.58 bits per heavy atom. The highest BCUT2D eigenvalue weighted by Crippen LogP contribution is 2.42. The van der Waals surface area contributed by atoms with E-state index in [9.17, 15) is 10.2 Å². The van der Waals surface area contributed by atoms with Gasteiger partial charge >= 0.3 is 0 Å². The molecule has 0 unspecified atom stereocenters. The first kappa shape index (κ1) is 16.1. The average Bonchev–Trinajstić information content (AvgIpc) is 2.66. The molecule has 6 heteroatoms. The summed E-state index contributed by atoms with van der Waals surface area (Å²) in [5.41, 5.74) is 0.903. The molecule has 132 valence electrons. The summed E-state index contributed by atoms with van der Waals surface area (Å²) in [6, 6.07) is 9.14. The lowest BCUT2D eigenvalue weighted by Crippen LogP contribution is -2.20. The normalized spacial score (nSPS) is 11.2. The monoisotopic (exact) mass is 352 g/mol. The van der Waals surface area contributed by atoms with E-state index in [1.807, 2.05) is 35.0 Å². The van der Waals surface area contributed by atoms with Gasteiger partial charge in [0.1, 0.15) is 0 Å². The highest BCUT2D eigenvalue weighted by molar-refractivity contribution is 6.00. The van der Waals surface area contributed by atoms with Crippen molar-refractivity contribution in [3.8, 4) is 28.7 Å². The van der Waals surface area contributed by atoms with Gasteiger partial charge in [0.2, 0.25) is 11.3 Å².